The van der Waals surface area contributed by atoms with E-state index in [0.29, 0.717) is 0 Å². The fourth-order valence-corrected chi connectivity index (χ4v) is 3.19. The second-order valence-corrected chi connectivity index (χ2v) is 6.69. The number of imide groups is 1. The molecule has 0 aliphatic heterocycles. The van der Waals surface area contributed by atoms with E-state index in [1.54, 1.807) is 7.11 Å². The summed E-state index contributed by atoms with van der Waals surface area (Å²) in [4.78, 5) is 24.2. The SMILES string of the molecule is CNC(=O)NC(=O)[C@@H]([NH2+][C@@H](C)c1ccc(OC)c(Br)c1)c1ccccc1. The second-order valence-electron chi connectivity index (χ2n) is 5.83. The molecule has 0 radical (unpaired) electrons. The normalized spacial score (nSPS) is 12.8. The molecule has 2 aromatic carbocycles. The molecule has 0 saturated carbocycles. The van der Waals surface area contributed by atoms with Crippen molar-refractivity contribution in [2.45, 2.75) is 19.0 Å². The molecule has 0 spiro atoms. The molecule has 7 heteroatoms. The highest BCUT2D eigenvalue weighted by Crippen LogP contribution is 2.27. The molecule has 0 heterocycles. The van der Waals surface area contributed by atoms with Crippen molar-refractivity contribution in [3.05, 3.63) is 64.1 Å². The Morgan fingerprint density at radius 1 is 1.12 bits per heavy atom. The number of quaternary nitrogens is 1. The third-order valence-electron chi connectivity index (χ3n) is 4.09. The Bertz CT molecular complexity index is 768. The molecular formula is C19H23BrN3O3+. The van der Waals surface area contributed by atoms with E-state index >= 15 is 0 Å². The van der Waals surface area contributed by atoms with E-state index in [1.807, 2.05) is 60.8 Å². The summed E-state index contributed by atoms with van der Waals surface area (Å²) in [5, 5.41) is 6.70. The van der Waals surface area contributed by atoms with Gasteiger partial charge in [0.2, 0.25) is 0 Å². The van der Waals surface area contributed by atoms with E-state index < -0.39 is 12.1 Å². The Morgan fingerprint density at radius 2 is 1.81 bits per heavy atom. The minimum atomic E-state index is -0.552. The van der Waals surface area contributed by atoms with Crippen molar-refractivity contribution in [1.82, 2.24) is 10.6 Å². The number of hydrogen-bond acceptors (Lipinski definition) is 3. The fraction of sp³-hybridized carbons (Fsp3) is 0.263. The molecule has 2 atom stereocenters. The summed E-state index contributed by atoms with van der Waals surface area (Å²) in [7, 11) is 3.09. The van der Waals surface area contributed by atoms with Crippen molar-refractivity contribution in [1.29, 1.82) is 0 Å². The largest absolute Gasteiger partial charge is 0.496 e. The molecule has 6 nitrogen and oxygen atoms in total. The molecule has 2 aromatic rings. The molecule has 0 aromatic heterocycles. The lowest BCUT2D eigenvalue weighted by molar-refractivity contribution is -0.719. The van der Waals surface area contributed by atoms with Crippen LogP contribution in [0.15, 0.2) is 53.0 Å². The van der Waals surface area contributed by atoms with Crippen molar-refractivity contribution >= 4 is 27.9 Å². The topological polar surface area (TPSA) is 84.0 Å². The Balaban J connectivity index is 2.24. The molecule has 0 aliphatic rings. The van der Waals surface area contributed by atoms with Gasteiger partial charge in [-0.3, -0.25) is 10.1 Å². The monoisotopic (exact) mass is 420 g/mol. The number of rotatable bonds is 6. The van der Waals surface area contributed by atoms with Gasteiger partial charge in [0.15, 0.2) is 6.04 Å². The summed E-state index contributed by atoms with van der Waals surface area (Å²) in [6.45, 7) is 2.01. The van der Waals surface area contributed by atoms with Gasteiger partial charge in [0, 0.05) is 18.2 Å². The van der Waals surface area contributed by atoms with E-state index in [9.17, 15) is 9.59 Å². The van der Waals surface area contributed by atoms with Crippen LogP contribution in [-0.4, -0.2) is 26.1 Å². The van der Waals surface area contributed by atoms with Gasteiger partial charge in [0.05, 0.1) is 11.6 Å². The van der Waals surface area contributed by atoms with Gasteiger partial charge >= 0.3 is 6.03 Å². The highest BCUT2D eigenvalue weighted by Gasteiger charge is 2.28. The van der Waals surface area contributed by atoms with Crippen LogP contribution in [0.2, 0.25) is 0 Å². The minimum absolute atomic E-state index is 0.0159. The van der Waals surface area contributed by atoms with Crippen LogP contribution in [0.3, 0.4) is 0 Å². The predicted molar refractivity (Wildman–Crippen MR) is 103 cm³/mol. The molecule has 26 heavy (non-hydrogen) atoms. The third kappa shape index (κ3) is 5.06. The first-order valence-electron chi connectivity index (χ1n) is 8.22. The van der Waals surface area contributed by atoms with Gasteiger partial charge in [-0.2, -0.15) is 0 Å². The van der Waals surface area contributed by atoms with Gasteiger partial charge in [-0.05, 0) is 41.1 Å². The standard InChI is InChI=1S/C19H22BrN3O3/c1-12(14-9-10-16(26-3)15(20)11-14)22-17(13-7-5-4-6-8-13)18(24)23-19(25)21-2/h4-12,17,22H,1-3H3,(H2,21,23,24,25)/p+1/t12-,17-/m0/s1. The van der Waals surface area contributed by atoms with E-state index in [1.165, 1.54) is 7.05 Å². The maximum absolute atomic E-state index is 12.6. The van der Waals surface area contributed by atoms with Gasteiger partial charge in [-0.1, -0.05) is 30.3 Å². The maximum atomic E-state index is 12.6. The van der Waals surface area contributed by atoms with Crippen LogP contribution in [0.5, 0.6) is 5.75 Å². The number of halogens is 1. The van der Waals surface area contributed by atoms with E-state index in [-0.39, 0.29) is 11.9 Å². The van der Waals surface area contributed by atoms with E-state index in [0.717, 1.165) is 21.3 Å². The lowest BCUT2D eigenvalue weighted by atomic mass is 10.0. The number of nitrogens with one attached hydrogen (secondary N) is 2. The average molecular weight is 421 g/mol. The van der Waals surface area contributed by atoms with Gasteiger partial charge in [-0.25, -0.2) is 4.79 Å². The van der Waals surface area contributed by atoms with Crippen molar-refractivity contribution in [3.63, 3.8) is 0 Å². The zero-order chi connectivity index (χ0) is 19.1. The zero-order valence-electron chi connectivity index (χ0n) is 15.0. The summed E-state index contributed by atoms with van der Waals surface area (Å²) < 4.78 is 6.11. The highest BCUT2D eigenvalue weighted by molar-refractivity contribution is 9.10. The Hall–Kier alpha value is -2.38. The van der Waals surface area contributed by atoms with Crippen molar-refractivity contribution < 1.29 is 19.6 Å². The maximum Gasteiger partial charge on any atom is 0.321 e. The summed E-state index contributed by atoms with van der Waals surface area (Å²) in [5.41, 5.74) is 1.86. The molecule has 0 fully saturated rings. The summed E-state index contributed by atoms with van der Waals surface area (Å²) in [6.07, 6.45) is 0. The molecular weight excluding hydrogens is 398 g/mol. The van der Waals surface area contributed by atoms with Crippen LogP contribution in [0.25, 0.3) is 0 Å². The predicted octanol–water partition coefficient (Wildman–Crippen LogP) is 2.28. The molecule has 0 unspecified atom stereocenters. The van der Waals surface area contributed by atoms with Crippen molar-refractivity contribution in [2.75, 3.05) is 14.2 Å². The molecule has 3 amide bonds. The number of nitrogens with two attached hydrogens (primary N) is 1. The van der Waals surface area contributed by atoms with Crippen LogP contribution in [0.1, 0.15) is 30.1 Å². The second kappa shape index (κ2) is 9.35. The summed E-state index contributed by atoms with van der Waals surface area (Å²) in [6, 6.07) is 14.1. The Labute approximate surface area is 161 Å². The number of benzene rings is 2. The number of amides is 3. The molecule has 4 N–H and O–H groups in total. The van der Waals surface area contributed by atoms with Crippen LogP contribution in [0, 0.1) is 0 Å². The number of ether oxygens (including phenoxy) is 1. The number of urea groups is 1. The minimum Gasteiger partial charge on any atom is -0.496 e. The van der Waals surface area contributed by atoms with Crippen molar-refractivity contribution in [3.8, 4) is 5.75 Å². The first kappa shape index (κ1) is 19.9. The molecule has 2 rings (SSSR count). The van der Waals surface area contributed by atoms with Gasteiger partial charge in [0.25, 0.3) is 5.91 Å². The summed E-state index contributed by atoms with van der Waals surface area (Å²) >= 11 is 3.49. The van der Waals surface area contributed by atoms with Gasteiger partial charge in [0.1, 0.15) is 11.8 Å². The average Bonchev–Trinajstić information content (AvgIpc) is 2.66. The Kier molecular flexibility index (Phi) is 7.17. The molecule has 0 saturated heterocycles. The molecule has 0 aliphatic carbocycles. The smallest absolute Gasteiger partial charge is 0.321 e. The first-order valence-corrected chi connectivity index (χ1v) is 9.01. The number of carbonyl (C=O) groups excluding carboxylic acids is 2. The van der Waals surface area contributed by atoms with Gasteiger partial charge in [-0.15, -0.1) is 0 Å². The highest BCUT2D eigenvalue weighted by atomic mass is 79.9. The fourth-order valence-electron chi connectivity index (χ4n) is 2.63. The molecule has 138 valence electrons. The summed E-state index contributed by atoms with van der Waals surface area (Å²) in [5.74, 6) is 0.382. The van der Waals surface area contributed by atoms with E-state index in [4.69, 9.17) is 4.74 Å². The first-order chi connectivity index (χ1) is 12.5. The van der Waals surface area contributed by atoms with Crippen molar-refractivity contribution in [2.24, 2.45) is 0 Å². The van der Waals surface area contributed by atoms with Crippen LogP contribution >= 0.6 is 15.9 Å². The quantitative estimate of drug-likeness (QED) is 0.669. The lowest BCUT2D eigenvalue weighted by Crippen LogP contribution is -2.88. The van der Waals surface area contributed by atoms with Crippen LogP contribution in [-0.2, 0) is 4.79 Å². The number of carbonyl (C=O) groups is 2. The van der Waals surface area contributed by atoms with Crippen LogP contribution < -0.4 is 20.7 Å². The zero-order valence-corrected chi connectivity index (χ0v) is 16.5. The Morgan fingerprint density at radius 3 is 2.38 bits per heavy atom. The van der Waals surface area contributed by atoms with Crippen LogP contribution in [0.4, 0.5) is 4.79 Å². The van der Waals surface area contributed by atoms with E-state index in [2.05, 4.69) is 26.6 Å². The molecule has 0 bridgehead atoms. The number of methoxy groups -OCH3 is 1. The van der Waals surface area contributed by atoms with Gasteiger partial charge < -0.3 is 15.4 Å². The lowest BCUT2D eigenvalue weighted by Gasteiger charge is -2.20. The third-order valence-corrected chi connectivity index (χ3v) is 4.71. The number of hydrogen-bond donors (Lipinski definition) is 3.